The molecule has 4 atom stereocenters. The van der Waals surface area contributed by atoms with Crippen LogP contribution in [0.3, 0.4) is 0 Å². The number of likely N-dealkylation sites (tertiary alicyclic amines) is 2. The highest BCUT2D eigenvalue weighted by Crippen LogP contribution is 2.41. The van der Waals surface area contributed by atoms with E-state index >= 15 is 0 Å². The summed E-state index contributed by atoms with van der Waals surface area (Å²) < 4.78 is 10.9. The van der Waals surface area contributed by atoms with Crippen molar-refractivity contribution in [3.8, 4) is 32.0 Å². The van der Waals surface area contributed by atoms with Gasteiger partial charge in [-0.15, -0.1) is 22.7 Å². The molecule has 0 radical (unpaired) electrons. The van der Waals surface area contributed by atoms with Crippen molar-refractivity contribution in [2.45, 2.75) is 49.9 Å². The number of hydrogen-bond donors (Lipinski definition) is 2. The highest BCUT2D eigenvalue weighted by molar-refractivity contribution is 7.15. The number of urea groups is 2. The van der Waals surface area contributed by atoms with Crippen LogP contribution in [0.5, 0.6) is 0 Å². The van der Waals surface area contributed by atoms with Crippen LogP contribution in [-0.4, -0.2) is 119 Å². The van der Waals surface area contributed by atoms with E-state index in [2.05, 4.69) is 59.2 Å². The molecule has 350 valence electrons. The third-order valence-corrected chi connectivity index (χ3v) is 15.5. The van der Waals surface area contributed by atoms with Crippen molar-refractivity contribution >= 4 is 46.6 Å². The van der Waals surface area contributed by atoms with Gasteiger partial charge in [0.25, 0.3) is 0 Å². The maximum atomic E-state index is 14.3. The molecular formula is C52H54N8O6S2. The Morgan fingerprint density at radius 3 is 1.25 bits per heavy atom. The average Bonchev–Trinajstić information content (AvgIpc) is 4.26. The van der Waals surface area contributed by atoms with Gasteiger partial charge in [0.15, 0.2) is 0 Å². The molecule has 14 nitrogen and oxygen atoms in total. The first kappa shape index (κ1) is 45.3. The van der Waals surface area contributed by atoms with E-state index in [0.717, 1.165) is 78.8 Å². The molecule has 0 aliphatic carbocycles. The summed E-state index contributed by atoms with van der Waals surface area (Å²) in [5.41, 5.74) is 5.78. The molecule has 6 amide bonds. The van der Waals surface area contributed by atoms with Crippen LogP contribution in [0, 0.1) is 0 Å². The van der Waals surface area contributed by atoms with Crippen LogP contribution < -0.4 is 10.6 Å². The van der Waals surface area contributed by atoms with Gasteiger partial charge in [0, 0.05) is 51.7 Å². The van der Waals surface area contributed by atoms with E-state index in [1.807, 2.05) is 82.9 Å². The number of aromatic nitrogens is 2. The molecule has 4 saturated heterocycles. The molecule has 0 saturated carbocycles. The molecular weight excluding hydrogens is 897 g/mol. The first-order valence-electron chi connectivity index (χ1n) is 23.5. The molecule has 0 bridgehead atoms. The third-order valence-electron chi connectivity index (χ3n) is 13.3. The van der Waals surface area contributed by atoms with E-state index < -0.39 is 12.1 Å². The average molecular weight is 951 g/mol. The summed E-state index contributed by atoms with van der Waals surface area (Å²) in [5.74, 6) is -0.257. The number of ether oxygens (including phenoxy) is 2. The smallest absolute Gasteiger partial charge is 0.318 e. The number of benzene rings is 4. The van der Waals surface area contributed by atoms with Gasteiger partial charge in [-0.1, -0.05) is 109 Å². The summed E-state index contributed by atoms with van der Waals surface area (Å²) in [4.78, 5) is 74.3. The van der Waals surface area contributed by atoms with Crippen molar-refractivity contribution < 1.29 is 28.7 Å². The lowest BCUT2D eigenvalue weighted by Gasteiger charge is -2.32. The Hall–Kier alpha value is -6.46. The van der Waals surface area contributed by atoms with Crippen LogP contribution in [0.2, 0.25) is 0 Å². The van der Waals surface area contributed by atoms with Crippen molar-refractivity contribution in [3.05, 3.63) is 143 Å². The number of nitrogens with one attached hydrogen (secondary N) is 2. The molecule has 4 aliphatic heterocycles. The number of rotatable bonds is 11. The second-order valence-corrected chi connectivity index (χ2v) is 19.6. The summed E-state index contributed by atoms with van der Waals surface area (Å²) >= 11 is 3.21. The Labute approximate surface area is 403 Å². The first-order valence-corrected chi connectivity index (χ1v) is 25.1. The minimum absolute atomic E-state index is 0.129. The Morgan fingerprint density at radius 2 is 0.868 bits per heavy atom. The first-order chi connectivity index (χ1) is 33.4. The molecule has 6 aromatic rings. The van der Waals surface area contributed by atoms with Crippen LogP contribution in [0.1, 0.15) is 71.0 Å². The molecule has 4 aliphatic rings. The van der Waals surface area contributed by atoms with E-state index in [4.69, 9.17) is 19.4 Å². The molecule has 4 aromatic carbocycles. The number of morpholine rings is 2. The summed E-state index contributed by atoms with van der Waals surface area (Å²) in [7, 11) is 0. The summed E-state index contributed by atoms with van der Waals surface area (Å²) in [6.07, 6.45) is 7.12. The number of carbonyl (C=O) groups excluding carboxylic acids is 4. The monoisotopic (exact) mass is 950 g/mol. The van der Waals surface area contributed by atoms with Crippen LogP contribution >= 0.6 is 22.7 Å². The zero-order valence-corrected chi connectivity index (χ0v) is 39.3. The largest absolute Gasteiger partial charge is 0.378 e. The highest BCUT2D eigenvalue weighted by Gasteiger charge is 2.39. The van der Waals surface area contributed by atoms with Crippen LogP contribution in [0.25, 0.3) is 32.0 Å². The fourth-order valence-electron chi connectivity index (χ4n) is 9.54. The van der Waals surface area contributed by atoms with Gasteiger partial charge < -0.3 is 39.7 Å². The molecule has 68 heavy (non-hydrogen) atoms. The zero-order valence-electron chi connectivity index (χ0n) is 37.7. The van der Waals surface area contributed by atoms with E-state index in [-0.39, 0.29) is 36.0 Å². The van der Waals surface area contributed by atoms with Gasteiger partial charge in [0.2, 0.25) is 11.8 Å². The Kier molecular flexibility index (Phi) is 13.9. The number of carbonyl (C=O) groups is 4. The predicted octanol–water partition coefficient (Wildman–Crippen LogP) is 8.49. The van der Waals surface area contributed by atoms with Crippen molar-refractivity contribution in [2.75, 3.05) is 65.7 Å². The fourth-order valence-corrected chi connectivity index (χ4v) is 11.7. The quantitative estimate of drug-likeness (QED) is 0.131. The summed E-state index contributed by atoms with van der Waals surface area (Å²) in [6.45, 7) is 5.08. The second kappa shape index (κ2) is 20.8. The molecule has 0 spiro atoms. The number of amides is 6. The Bertz CT molecular complexity index is 2500. The molecule has 2 N–H and O–H groups in total. The van der Waals surface area contributed by atoms with Gasteiger partial charge in [-0.3, -0.25) is 9.59 Å². The maximum Gasteiger partial charge on any atom is 0.318 e. The molecule has 0 unspecified atom stereocenters. The van der Waals surface area contributed by atoms with Crippen molar-refractivity contribution in [1.29, 1.82) is 0 Å². The summed E-state index contributed by atoms with van der Waals surface area (Å²) in [6, 6.07) is 33.4. The van der Waals surface area contributed by atoms with Crippen molar-refractivity contribution in [2.24, 2.45) is 0 Å². The fraction of sp³-hybridized carbons (Fsp3) is 0.346. The topological polar surface area (TPSA) is 150 Å². The lowest BCUT2D eigenvalue weighted by atomic mass is 10.0. The Morgan fingerprint density at radius 1 is 0.500 bits per heavy atom. The molecule has 2 aromatic heterocycles. The van der Waals surface area contributed by atoms with Crippen molar-refractivity contribution in [3.63, 3.8) is 0 Å². The van der Waals surface area contributed by atoms with Gasteiger partial charge in [-0.2, -0.15) is 0 Å². The van der Waals surface area contributed by atoms with Gasteiger partial charge in [0.1, 0.15) is 22.1 Å². The van der Waals surface area contributed by atoms with Crippen molar-refractivity contribution in [1.82, 2.24) is 40.2 Å². The molecule has 16 heteroatoms. The standard InChI is InChI=1S/C52H54N8O6S2/c61-49(45(39-9-3-1-4-10-39)55-51(63)57-25-29-65-30-26-57)59-23-7-13-41(59)47-53-33-43(67-47)37-19-15-35(16-20-37)36-17-21-38(22-18-36)44-34-54-48(68-44)42-14-8-24-60(42)50(62)46(40-11-5-2-6-12-40)56-52(64)58-27-31-66-32-28-58/h1-6,9-12,15-22,33-34,41-42,45-46H,7-8,13-14,23-32H2,(H,55,63)(H,56,64)/t41-,42-,45-,46+/m0/s1. The molecule has 10 rings (SSSR count). The minimum atomic E-state index is -0.810. The maximum absolute atomic E-state index is 14.3. The van der Waals surface area contributed by atoms with Gasteiger partial charge in [-0.25, -0.2) is 19.6 Å². The molecule has 6 heterocycles. The van der Waals surface area contributed by atoms with Crippen LogP contribution in [-0.2, 0) is 19.1 Å². The second-order valence-electron chi connectivity index (χ2n) is 17.4. The van der Waals surface area contributed by atoms with E-state index in [1.165, 1.54) is 0 Å². The van der Waals surface area contributed by atoms with Gasteiger partial charge >= 0.3 is 12.1 Å². The Balaban J connectivity index is 0.790. The third kappa shape index (κ3) is 9.90. The number of hydrogen-bond acceptors (Lipinski definition) is 10. The van der Waals surface area contributed by atoms with Crippen LogP contribution in [0.15, 0.2) is 122 Å². The lowest BCUT2D eigenvalue weighted by molar-refractivity contribution is -0.135. The van der Waals surface area contributed by atoms with Gasteiger partial charge in [0.05, 0.1) is 48.3 Å². The predicted molar refractivity (Wildman–Crippen MR) is 262 cm³/mol. The van der Waals surface area contributed by atoms with E-state index in [1.54, 1.807) is 32.5 Å². The minimum Gasteiger partial charge on any atom is -0.378 e. The number of thiazole rings is 2. The number of nitrogens with zero attached hydrogens (tertiary/aromatic N) is 6. The zero-order chi connectivity index (χ0) is 46.4. The van der Waals surface area contributed by atoms with Crippen LogP contribution in [0.4, 0.5) is 9.59 Å². The van der Waals surface area contributed by atoms with E-state index in [9.17, 15) is 19.2 Å². The SMILES string of the molecule is O=C(N[C@H](C(=O)N1CCC[C@H]1c1ncc(-c2ccc(-c3ccc(-c4cnc([C@@H]5CCCN5C(=O)[C@H](NC(=O)N5CCOCC5)c5ccccc5)s4)cc3)cc2)s1)c1ccccc1)N1CCOCC1. The molecule has 4 fully saturated rings. The highest BCUT2D eigenvalue weighted by atomic mass is 32.1. The summed E-state index contributed by atoms with van der Waals surface area (Å²) in [5, 5.41) is 7.87. The van der Waals surface area contributed by atoms with E-state index in [0.29, 0.717) is 65.7 Å². The normalized spacial score (nSPS) is 19.4. The lowest BCUT2D eigenvalue weighted by Crippen LogP contribution is -2.50. The van der Waals surface area contributed by atoms with Gasteiger partial charge in [-0.05, 0) is 59.1 Å².